The van der Waals surface area contributed by atoms with E-state index in [1.165, 1.54) is 0 Å². The largest absolute Gasteiger partial charge is 0.260 e. The van der Waals surface area contributed by atoms with Crippen LogP contribution in [0.5, 0.6) is 0 Å². The summed E-state index contributed by atoms with van der Waals surface area (Å²) < 4.78 is 27.3. The molecule has 0 bridgehead atoms. The summed E-state index contributed by atoms with van der Waals surface area (Å²) >= 11 is 5.66. The zero-order chi connectivity index (χ0) is 15.3. The fourth-order valence-corrected chi connectivity index (χ4v) is 3.37. The van der Waals surface area contributed by atoms with Crippen molar-refractivity contribution in [3.63, 3.8) is 0 Å². The number of hydrogen-bond donors (Lipinski definition) is 1. The van der Waals surface area contributed by atoms with E-state index in [-0.39, 0.29) is 4.90 Å². The van der Waals surface area contributed by atoms with Crippen molar-refractivity contribution < 1.29 is 8.42 Å². The number of rotatable bonds is 6. The van der Waals surface area contributed by atoms with Gasteiger partial charge in [-0.3, -0.25) is 4.98 Å². The molecule has 2 aromatic rings. The lowest BCUT2D eigenvalue weighted by atomic mass is 10.2. The molecule has 1 heterocycles. The van der Waals surface area contributed by atoms with Gasteiger partial charge in [-0.1, -0.05) is 18.2 Å². The van der Waals surface area contributed by atoms with Crippen molar-refractivity contribution in [2.75, 3.05) is 5.88 Å². The van der Waals surface area contributed by atoms with Gasteiger partial charge in [0.05, 0.1) is 16.6 Å². The van der Waals surface area contributed by atoms with E-state index in [9.17, 15) is 8.42 Å². The number of nitrogens with one attached hydrogen (secondary N) is 1. The first-order valence-electron chi connectivity index (χ1n) is 6.61. The van der Waals surface area contributed by atoms with E-state index >= 15 is 0 Å². The maximum absolute atomic E-state index is 12.3. The molecule has 0 radical (unpaired) electrons. The molecule has 4 nitrogen and oxygen atoms in total. The Morgan fingerprint density at radius 3 is 2.48 bits per heavy atom. The highest BCUT2D eigenvalue weighted by molar-refractivity contribution is 7.89. The Bertz CT molecular complexity index is 673. The first-order chi connectivity index (χ1) is 10.0. The number of sulfonamides is 1. The molecule has 2 rings (SSSR count). The third kappa shape index (κ3) is 4.27. The van der Waals surface area contributed by atoms with Crippen LogP contribution >= 0.6 is 11.6 Å². The fraction of sp³-hybridized carbons (Fsp3) is 0.267. The second-order valence-electron chi connectivity index (χ2n) is 4.68. The molecule has 0 aliphatic heterocycles. The molecule has 6 heteroatoms. The Kier molecular flexibility index (Phi) is 5.33. The van der Waals surface area contributed by atoms with E-state index in [1.54, 1.807) is 49.5 Å². The molecule has 0 aliphatic carbocycles. The van der Waals surface area contributed by atoms with Gasteiger partial charge < -0.3 is 0 Å². The van der Waals surface area contributed by atoms with Crippen molar-refractivity contribution in [3.8, 4) is 0 Å². The van der Waals surface area contributed by atoms with Crippen molar-refractivity contribution in [2.24, 2.45) is 0 Å². The third-order valence-corrected chi connectivity index (χ3v) is 4.83. The van der Waals surface area contributed by atoms with Crippen LogP contribution in [0.1, 0.15) is 24.2 Å². The molecule has 1 N–H and O–H groups in total. The monoisotopic (exact) mass is 324 g/mol. The fourth-order valence-electron chi connectivity index (χ4n) is 1.94. The summed E-state index contributed by atoms with van der Waals surface area (Å²) in [7, 11) is -3.56. The Morgan fingerprint density at radius 2 is 1.90 bits per heavy atom. The van der Waals surface area contributed by atoms with Crippen LogP contribution in [0, 0.1) is 0 Å². The molecule has 21 heavy (non-hydrogen) atoms. The predicted octanol–water partition coefficient (Wildman–Crippen LogP) is 2.90. The second kappa shape index (κ2) is 7.02. The summed E-state index contributed by atoms with van der Waals surface area (Å²) in [6, 6.07) is 11.8. The molecule has 0 aliphatic rings. The number of halogens is 1. The number of aromatic nitrogens is 1. The van der Waals surface area contributed by atoms with Gasteiger partial charge in [-0.15, -0.1) is 11.6 Å². The standard InChI is InChI=1S/C15H17ClN2O2S/c1-12(15-4-2-3-11-17-15)18-21(19,20)14-7-5-13(6-8-14)9-10-16/h2-8,11-12,18H,9-10H2,1H3/t12-/m1/s1. The molecular formula is C15H17ClN2O2S. The minimum Gasteiger partial charge on any atom is -0.260 e. The topological polar surface area (TPSA) is 59.1 Å². The van der Waals surface area contributed by atoms with Crippen molar-refractivity contribution in [2.45, 2.75) is 24.3 Å². The van der Waals surface area contributed by atoms with Gasteiger partial charge in [-0.2, -0.15) is 0 Å². The molecule has 0 saturated carbocycles. The maximum atomic E-state index is 12.3. The number of aryl methyl sites for hydroxylation is 1. The SMILES string of the molecule is C[C@@H](NS(=O)(=O)c1ccc(CCCl)cc1)c1ccccn1. The van der Waals surface area contributed by atoms with E-state index in [0.29, 0.717) is 11.6 Å². The van der Waals surface area contributed by atoms with Gasteiger partial charge in [0.25, 0.3) is 0 Å². The lowest BCUT2D eigenvalue weighted by Gasteiger charge is -2.14. The van der Waals surface area contributed by atoms with Crippen LogP contribution in [0.15, 0.2) is 53.6 Å². The van der Waals surface area contributed by atoms with Crippen LogP contribution in [0.3, 0.4) is 0 Å². The molecule has 0 saturated heterocycles. The zero-order valence-corrected chi connectivity index (χ0v) is 13.2. The van der Waals surface area contributed by atoms with Crippen LogP contribution in [0.2, 0.25) is 0 Å². The predicted molar refractivity (Wildman–Crippen MR) is 83.8 cm³/mol. The molecule has 112 valence electrons. The minimum absolute atomic E-state index is 0.239. The van der Waals surface area contributed by atoms with Gasteiger partial charge in [-0.25, -0.2) is 13.1 Å². The summed E-state index contributed by atoms with van der Waals surface area (Å²) in [4.78, 5) is 4.39. The van der Waals surface area contributed by atoms with E-state index < -0.39 is 16.1 Å². The molecule has 0 unspecified atom stereocenters. The van der Waals surface area contributed by atoms with E-state index in [0.717, 1.165) is 12.0 Å². The van der Waals surface area contributed by atoms with E-state index in [2.05, 4.69) is 9.71 Å². The number of nitrogens with zero attached hydrogens (tertiary/aromatic N) is 1. The van der Waals surface area contributed by atoms with Gasteiger partial charge in [0.15, 0.2) is 0 Å². The summed E-state index contributed by atoms with van der Waals surface area (Å²) in [5.41, 5.74) is 1.70. The normalized spacial score (nSPS) is 13.0. The Morgan fingerprint density at radius 1 is 1.19 bits per heavy atom. The molecule has 1 atom stereocenters. The highest BCUT2D eigenvalue weighted by Gasteiger charge is 2.18. The van der Waals surface area contributed by atoms with Crippen molar-refractivity contribution >= 4 is 21.6 Å². The second-order valence-corrected chi connectivity index (χ2v) is 6.77. The molecule has 0 fully saturated rings. The Labute approximate surface area is 130 Å². The first-order valence-corrected chi connectivity index (χ1v) is 8.63. The van der Waals surface area contributed by atoms with Gasteiger partial charge in [0.1, 0.15) is 0 Å². The lowest BCUT2D eigenvalue weighted by Crippen LogP contribution is -2.27. The minimum atomic E-state index is -3.56. The first kappa shape index (κ1) is 15.9. The van der Waals surface area contributed by atoms with Crippen molar-refractivity contribution in [3.05, 3.63) is 59.9 Å². The third-order valence-electron chi connectivity index (χ3n) is 3.08. The van der Waals surface area contributed by atoms with Gasteiger partial charge in [-0.05, 0) is 43.2 Å². The van der Waals surface area contributed by atoms with Crippen LogP contribution in [-0.4, -0.2) is 19.3 Å². The Hall–Kier alpha value is -1.43. The lowest BCUT2D eigenvalue weighted by molar-refractivity contribution is 0.564. The highest BCUT2D eigenvalue weighted by Crippen LogP contribution is 2.16. The highest BCUT2D eigenvalue weighted by atomic mass is 35.5. The van der Waals surface area contributed by atoms with Crippen LogP contribution in [0.25, 0.3) is 0 Å². The number of hydrogen-bond acceptors (Lipinski definition) is 3. The molecule has 1 aromatic carbocycles. The van der Waals surface area contributed by atoms with E-state index in [1.807, 2.05) is 6.07 Å². The number of pyridine rings is 1. The maximum Gasteiger partial charge on any atom is 0.241 e. The zero-order valence-electron chi connectivity index (χ0n) is 11.7. The van der Waals surface area contributed by atoms with Crippen LogP contribution in [-0.2, 0) is 16.4 Å². The average molecular weight is 325 g/mol. The van der Waals surface area contributed by atoms with Crippen molar-refractivity contribution in [1.82, 2.24) is 9.71 Å². The quantitative estimate of drug-likeness (QED) is 0.831. The van der Waals surface area contributed by atoms with E-state index in [4.69, 9.17) is 11.6 Å². The van der Waals surface area contributed by atoms with Gasteiger partial charge >= 0.3 is 0 Å². The summed E-state index contributed by atoms with van der Waals surface area (Å²) in [5, 5.41) is 0. The molecule has 1 aromatic heterocycles. The van der Waals surface area contributed by atoms with Crippen molar-refractivity contribution in [1.29, 1.82) is 0 Å². The summed E-state index contributed by atoms with van der Waals surface area (Å²) in [6.45, 7) is 1.77. The average Bonchev–Trinajstić information content (AvgIpc) is 2.48. The van der Waals surface area contributed by atoms with Crippen LogP contribution < -0.4 is 4.72 Å². The number of alkyl halides is 1. The van der Waals surface area contributed by atoms with Crippen LogP contribution in [0.4, 0.5) is 0 Å². The summed E-state index contributed by atoms with van der Waals surface area (Å²) in [5.74, 6) is 0.515. The number of benzene rings is 1. The van der Waals surface area contributed by atoms with Gasteiger partial charge in [0.2, 0.25) is 10.0 Å². The molecule has 0 spiro atoms. The smallest absolute Gasteiger partial charge is 0.241 e. The molecule has 0 amide bonds. The summed E-state index contributed by atoms with van der Waals surface area (Å²) in [6.07, 6.45) is 2.36. The van der Waals surface area contributed by atoms with Gasteiger partial charge in [0, 0.05) is 12.1 Å². The Balaban J connectivity index is 2.14. The molecular weight excluding hydrogens is 308 g/mol.